The number of nitro benzene ring substituents is 1. The standard InChI is InChI=1S/C19H22N4O4/c1-13-15(7-4-8-17(13)23(26)27)19(25)20-9-10-22-12-21-16(11-18(22)24)14-5-2-3-6-14/h4,7-8,11-12,14H,2-3,5-6,9-10H2,1H3,(H,20,25). The molecule has 1 fully saturated rings. The van der Waals surface area contributed by atoms with Crippen LogP contribution >= 0.6 is 0 Å². The molecule has 142 valence electrons. The van der Waals surface area contributed by atoms with Gasteiger partial charge in [0.25, 0.3) is 17.2 Å². The molecule has 0 saturated heterocycles. The van der Waals surface area contributed by atoms with E-state index in [4.69, 9.17) is 0 Å². The average molecular weight is 370 g/mol. The Hall–Kier alpha value is -3.03. The molecule has 0 unspecified atom stereocenters. The van der Waals surface area contributed by atoms with Crippen LogP contribution in [0, 0.1) is 17.0 Å². The highest BCUT2D eigenvalue weighted by atomic mass is 16.6. The molecule has 1 amide bonds. The summed E-state index contributed by atoms with van der Waals surface area (Å²) in [6.07, 6.45) is 6.04. The SMILES string of the molecule is Cc1c(C(=O)NCCn2cnc(C3CCCC3)cc2=O)cccc1[N+](=O)[O-]. The number of hydrogen-bond donors (Lipinski definition) is 1. The first-order valence-electron chi connectivity index (χ1n) is 9.06. The Bertz CT molecular complexity index is 916. The van der Waals surface area contributed by atoms with Crippen LogP contribution in [0.4, 0.5) is 5.69 Å². The van der Waals surface area contributed by atoms with Crippen molar-refractivity contribution in [1.82, 2.24) is 14.9 Å². The van der Waals surface area contributed by atoms with Gasteiger partial charge in [-0.1, -0.05) is 18.9 Å². The van der Waals surface area contributed by atoms with Crippen LogP contribution in [0.5, 0.6) is 0 Å². The number of nitrogens with one attached hydrogen (secondary N) is 1. The van der Waals surface area contributed by atoms with Crippen molar-refractivity contribution >= 4 is 11.6 Å². The smallest absolute Gasteiger partial charge is 0.273 e. The Balaban J connectivity index is 1.61. The summed E-state index contributed by atoms with van der Waals surface area (Å²) in [7, 11) is 0. The molecule has 27 heavy (non-hydrogen) atoms. The van der Waals surface area contributed by atoms with Crippen molar-refractivity contribution in [2.75, 3.05) is 6.54 Å². The van der Waals surface area contributed by atoms with Crippen molar-refractivity contribution in [3.63, 3.8) is 0 Å². The van der Waals surface area contributed by atoms with Crippen molar-refractivity contribution in [2.45, 2.75) is 45.1 Å². The van der Waals surface area contributed by atoms with E-state index < -0.39 is 10.8 Å². The molecule has 1 saturated carbocycles. The van der Waals surface area contributed by atoms with E-state index in [9.17, 15) is 19.7 Å². The van der Waals surface area contributed by atoms with Gasteiger partial charge in [0.05, 0.1) is 16.9 Å². The van der Waals surface area contributed by atoms with Gasteiger partial charge < -0.3 is 5.32 Å². The summed E-state index contributed by atoms with van der Waals surface area (Å²) < 4.78 is 1.46. The number of carbonyl (C=O) groups is 1. The number of carbonyl (C=O) groups excluding carboxylic acids is 1. The van der Waals surface area contributed by atoms with Crippen molar-refractivity contribution in [3.05, 3.63) is 67.9 Å². The van der Waals surface area contributed by atoms with Crippen LogP contribution in [0.15, 0.2) is 35.4 Å². The summed E-state index contributed by atoms with van der Waals surface area (Å²) in [4.78, 5) is 39.4. The number of benzene rings is 1. The van der Waals surface area contributed by atoms with Crippen molar-refractivity contribution < 1.29 is 9.72 Å². The van der Waals surface area contributed by atoms with Crippen LogP contribution in [0.3, 0.4) is 0 Å². The van der Waals surface area contributed by atoms with Crippen LogP contribution in [0.2, 0.25) is 0 Å². The van der Waals surface area contributed by atoms with Crippen LogP contribution in [0.25, 0.3) is 0 Å². The first-order valence-corrected chi connectivity index (χ1v) is 9.06. The van der Waals surface area contributed by atoms with Crippen molar-refractivity contribution in [2.24, 2.45) is 0 Å². The van der Waals surface area contributed by atoms with E-state index >= 15 is 0 Å². The summed E-state index contributed by atoms with van der Waals surface area (Å²) in [6, 6.07) is 5.98. The third-order valence-corrected chi connectivity index (χ3v) is 5.06. The fourth-order valence-electron chi connectivity index (χ4n) is 3.51. The maximum atomic E-state index is 12.3. The topological polar surface area (TPSA) is 107 Å². The van der Waals surface area contributed by atoms with Gasteiger partial charge >= 0.3 is 0 Å². The molecule has 0 aliphatic heterocycles. The quantitative estimate of drug-likeness (QED) is 0.621. The Labute approximate surface area is 156 Å². The minimum atomic E-state index is -0.511. The molecule has 1 aliphatic rings. The number of hydrogen-bond acceptors (Lipinski definition) is 5. The van der Waals surface area contributed by atoms with Gasteiger partial charge in [0.15, 0.2) is 0 Å². The normalized spacial score (nSPS) is 14.3. The van der Waals surface area contributed by atoms with Crippen LogP contribution in [-0.4, -0.2) is 26.9 Å². The zero-order valence-electron chi connectivity index (χ0n) is 15.2. The number of amides is 1. The zero-order valence-corrected chi connectivity index (χ0v) is 15.2. The monoisotopic (exact) mass is 370 g/mol. The minimum absolute atomic E-state index is 0.0921. The van der Waals surface area contributed by atoms with Crippen molar-refractivity contribution in [1.29, 1.82) is 0 Å². The Kier molecular flexibility index (Phi) is 5.63. The molecule has 1 N–H and O–H groups in total. The maximum absolute atomic E-state index is 12.3. The van der Waals surface area contributed by atoms with Gasteiger partial charge in [-0.15, -0.1) is 0 Å². The molecule has 1 aromatic carbocycles. The van der Waals surface area contributed by atoms with Crippen molar-refractivity contribution in [3.8, 4) is 0 Å². The van der Waals surface area contributed by atoms with Gasteiger partial charge in [-0.05, 0) is 25.8 Å². The van der Waals surface area contributed by atoms with Gasteiger partial charge in [0.2, 0.25) is 0 Å². The average Bonchev–Trinajstić information content (AvgIpc) is 3.17. The second-order valence-electron chi connectivity index (χ2n) is 6.79. The van der Waals surface area contributed by atoms with Crippen LogP contribution in [-0.2, 0) is 6.54 Å². The van der Waals surface area contributed by atoms with E-state index in [1.54, 1.807) is 19.1 Å². The molecule has 8 heteroatoms. The summed E-state index contributed by atoms with van der Waals surface area (Å²) in [5.74, 6) is -0.0244. The largest absolute Gasteiger partial charge is 0.350 e. The third kappa shape index (κ3) is 4.21. The molecule has 1 heterocycles. The van der Waals surface area contributed by atoms with Crippen LogP contribution < -0.4 is 10.9 Å². The lowest BCUT2D eigenvalue weighted by Crippen LogP contribution is -2.31. The highest BCUT2D eigenvalue weighted by molar-refractivity contribution is 5.96. The Morgan fingerprint density at radius 1 is 1.37 bits per heavy atom. The lowest BCUT2D eigenvalue weighted by molar-refractivity contribution is -0.385. The molecular weight excluding hydrogens is 348 g/mol. The number of rotatable bonds is 6. The van der Waals surface area contributed by atoms with Crippen LogP contribution in [0.1, 0.15) is 53.2 Å². The van der Waals surface area contributed by atoms with Gasteiger partial charge in [0, 0.05) is 42.3 Å². The Morgan fingerprint density at radius 2 is 2.11 bits per heavy atom. The fourth-order valence-corrected chi connectivity index (χ4v) is 3.51. The molecule has 2 aromatic rings. The number of nitro groups is 1. The zero-order chi connectivity index (χ0) is 19.4. The molecule has 3 rings (SSSR count). The maximum Gasteiger partial charge on any atom is 0.273 e. The summed E-state index contributed by atoms with van der Waals surface area (Å²) in [5, 5.41) is 13.7. The van der Waals surface area contributed by atoms with E-state index in [1.165, 1.54) is 35.9 Å². The van der Waals surface area contributed by atoms with E-state index in [-0.39, 0.29) is 29.9 Å². The van der Waals surface area contributed by atoms with E-state index in [0.717, 1.165) is 18.5 Å². The second kappa shape index (κ2) is 8.11. The number of nitrogens with zero attached hydrogens (tertiary/aromatic N) is 3. The van der Waals surface area contributed by atoms with E-state index in [2.05, 4.69) is 10.3 Å². The third-order valence-electron chi connectivity index (χ3n) is 5.06. The van der Waals surface area contributed by atoms with E-state index in [0.29, 0.717) is 11.5 Å². The summed E-state index contributed by atoms with van der Waals surface area (Å²) in [6.45, 7) is 2.06. The summed E-state index contributed by atoms with van der Waals surface area (Å²) in [5.41, 5.74) is 1.20. The molecule has 1 aliphatic carbocycles. The predicted molar refractivity (Wildman–Crippen MR) is 99.9 cm³/mol. The molecule has 0 bridgehead atoms. The highest BCUT2D eigenvalue weighted by Gasteiger charge is 2.19. The fraction of sp³-hybridized carbons (Fsp3) is 0.421. The first kappa shape index (κ1) is 18.8. The molecule has 8 nitrogen and oxygen atoms in total. The van der Waals surface area contributed by atoms with Gasteiger partial charge in [-0.3, -0.25) is 24.3 Å². The minimum Gasteiger partial charge on any atom is -0.350 e. The molecule has 0 atom stereocenters. The van der Waals surface area contributed by atoms with E-state index in [1.807, 2.05) is 0 Å². The second-order valence-corrected chi connectivity index (χ2v) is 6.79. The van der Waals surface area contributed by atoms with Gasteiger partial charge in [-0.2, -0.15) is 0 Å². The molecular formula is C19H22N4O4. The number of aromatic nitrogens is 2. The summed E-state index contributed by atoms with van der Waals surface area (Å²) >= 11 is 0. The lowest BCUT2D eigenvalue weighted by atomic mass is 10.0. The van der Waals surface area contributed by atoms with Gasteiger partial charge in [0.1, 0.15) is 0 Å². The molecule has 0 spiro atoms. The lowest BCUT2D eigenvalue weighted by Gasteiger charge is -2.11. The Morgan fingerprint density at radius 3 is 2.78 bits per heavy atom. The highest BCUT2D eigenvalue weighted by Crippen LogP contribution is 2.32. The predicted octanol–water partition coefficient (Wildman–Crippen LogP) is 2.55. The molecule has 1 aromatic heterocycles. The first-order chi connectivity index (χ1) is 13.0. The molecule has 0 radical (unpaired) electrons. The van der Waals surface area contributed by atoms with Gasteiger partial charge in [-0.25, -0.2) is 4.98 Å².